The second kappa shape index (κ2) is 3.96. The number of benzene rings is 1. The van der Waals surface area contributed by atoms with Crippen molar-refractivity contribution in [2.75, 3.05) is 5.73 Å². The zero-order valence-electron chi connectivity index (χ0n) is 8.91. The van der Waals surface area contributed by atoms with E-state index in [0.29, 0.717) is 15.7 Å². The van der Waals surface area contributed by atoms with E-state index < -0.39 is 0 Å². The quantitative estimate of drug-likeness (QED) is 0.858. The van der Waals surface area contributed by atoms with E-state index in [0.717, 1.165) is 23.4 Å². The second-order valence-electron chi connectivity index (χ2n) is 4.12. The van der Waals surface area contributed by atoms with Crippen molar-refractivity contribution in [3.05, 3.63) is 45.2 Å². The molecule has 0 bridgehead atoms. The summed E-state index contributed by atoms with van der Waals surface area (Å²) in [6, 6.07) is 4.68. The molecule has 0 amide bonds. The van der Waals surface area contributed by atoms with Gasteiger partial charge in [-0.1, -0.05) is 11.6 Å². The highest BCUT2D eigenvalue weighted by atomic mass is 35.5. The van der Waals surface area contributed by atoms with E-state index >= 15 is 0 Å². The number of nitrogens with zero attached hydrogens (tertiary/aromatic N) is 1. The molecule has 5 heteroatoms. The van der Waals surface area contributed by atoms with Gasteiger partial charge in [0.2, 0.25) is 0 Å². The summed E-state index contributed by atoms with van der Waals surface area (Å²) in [5, 5.41) is 1.12. The first-order valence-electron chi connectivity index (χ1n) is 5.35. The van der Waals surface area contributed by atoms with Gasteiger partial charge < -0.3 is 5.73 Å². The minimum atomic E-state index is -0.209. The Morgan fingerprint density at radius 1 is 1.47 bits per heavy atom. The number of thiazole rings is 1. The molecule has 1 aromatic carbocycles. The summed E-state index contributed by atoms with van der Waals surface area (Å²) in [7, 11) is 0. The zero-order chi connectivity index (χ0) is 12.0. The molecule has 1 atom stereocenters. The monoisotopic (exact) mass is 268 g/mol. The summed E-state index contributed by atoms with van der Waals surface area (Å²) in [5.74, 6) is -0.155. The maximum Gasteiger partial charge on any atom is 0.180 e. The van der Waals surface area contributed by atoms with Crippen molar-refractivity contribution in [1.82, 2.24) is 4.98 Å². The van der Waals surface area contributed by atoms with E-state index in [1.54, 1.807) is 12.1 Å². The van der Waals surface area contributed by atoms with Crippen molar-refractivity contribution in [2.24, 2.45) is 0 Å². The normalized spacial score (nSPS) is 18.4. The number of hydrogen-bond acceptors (Lipinski definition) is 3. The third-order valence-electron chi connectivity index (χ3n) is 3.06. The van der Waals surface area contributed by atoms with Crippen LogP contribution in [-0.2, 0) is 6.42 Å². The molecule has 1 aromatic heterocycles. The van der Waals surface area contributed by atoms with Crippen molar-refractivity contribution in [3.8, 4) is 0 Å². The van der Waals surface area contributed by atoms with Gasteiger partial charge in [-0.3, -0.25) is 0 Å². The summed E-state index contributed by atoms with van der Waals surface area (Å²) >= 11 is 7.38. The molecular formula is C12H10ClFN2S. The molecule has 2 nitrogen and oxygen atoms in total. The molecule has 1 heterocycles. The molecule has 1 aliphatic carbocycles. The SMILES string of the molecule is Nc1nc2c(s1)C(c1cc(Cl)ccc1F)CC2. The molecule has 0 aliphatic heterocycles. The largest absolute Gasteiger partial charge is 0.375 e. The van der Waals surface area contributed by atoms with E-state index in [2.05, 4.69) is 4.98 Å². The predicted molar refractivity (Wildman–Crippen MR) is 68.1 cm³/mol. The first-order chi connectivity index (χ1) is 8.15. The molecule has 0 saturated carbocycles. The Labute approximate surface area is 107 Å². The summed E-state index contributed by atoms with van der Waals surface area (Å²) in [4.78, 5) is 5.35. The van der Waals surface area contributed by atoms with Gasteiger partial charge in [-0.25, -0.2) is 9.37 Å². The van der Waals surface area contributed by atoms with Crippen LogP contribution in [0.1, 0.15) is 28.5 Å². The summed E-state index contributed by atoms with van der Waals surface area (Å²) in [6.45, 7) is 0. The number of nitrogen functional groups attached to an aromatic ring is 1. The molecule has 0 spiro atoms. The van der Waals surface area contributed by atoms with Gasteiger partial charge in [0.15, 0.2) is 5.13 Å². The highest BCUT2D eigenvalue weighted by Gasteiger charge is 2.29. The van der Waals surface area contributed by atoms with Crippen LogP contribution in [0.15, 0.2) is 18.2 Å². The molecule has 1 aliphatic rings. The molecule has 0 fully saturated rings. The van der Waals surface area contributed by atoms with Crippen LogP contribution in [-0.4, -0.2) is 4.98 Å². The summed E-state index contributed by atoms with van der Waals surface area (Å²) in [6.07, 6.45) is 1.74. The number of aromatic nitrogens is 1. The smallest absolute Gasteiger partial charge is 0.180 e. The Morgan fingerprint density at radius 3 is 3.12 bits per heavy atom. The lowest BCUT2D eigenvalue weighted by atomic mass is 9.98. The van der Waals surface area contributed by atoms with E-state index in [1.165, 1.54) is 17.4 Å². The second-order valence-corrected chi connectivity index (χ2v) is 5.62. The average Bonchev–Trinajstić information content (AvgIpc) is 2.80. The van der Waals surface area contributed by atoms with E-state index in [1.807, 2.05) is 0 Å². The Morgan fingerprint density at radius 2 is 2.29 bits per heavy atom. The van der Waals surface area contributed by atoms with Gasteiger partial charge >= 0.3 is 0 Å². The zero-order valence-corrected chi connectivity index (χ0v) is 10.5. The van der Waals surface area contributed by atoms with Gasteiger partial charge in [0.25, 0.3) is 0 Å². The number of halogens is 2. The first kappa shape index (κ1) is 11.0. The molecule has 2 N–H and O–H groups in total. The third-order valence-corrected chi connectivity index (χ3v) is 4.34. The topological polar surface area (TPSA) is 38.9 Å². The third kappa shape index (κ3) is 1.81. The molecule has 0 radical (unpaired) electrons. The fraction of sp³-hybridized carbons (Fsp3) is 0.250. The molecule has 1 unspecified atom stereocenters. The number of rotatable bonds is 1. The lowest BCUT2D eigenvalue weighted by Gasteiger charge is -2.11. The molecule has 3 rings (SSSR count). The Bertz CT molecular complexity index is 582. The van der Waals surface area contributed by atoms with Crippen LogP contribution in [0.25, 0.3) is 0 Å². The van der Waals surface area contributed by atoms with E-state index in [9.17, 15) is 4.39 Å². The Hall–Kier alpha value is -1.13. The summed E-state index contributed by atoms with van der Waals surface area (Å²) < 4.78 is 13.8. The maximum atomic E-state index is 13.8. The predicted octanol–water partition coefficient (Wildman–Crippen LogP) is 3.60. The van der Waals surface area contributed by atoms with Gasteiger partial charge in [0.05, 0.1) is 5.69 Å². The first-order valence-corrected chi connectivity index (χ1v) is 6.54. The van der Waals surface area contributed by atoms with Gasteiger partial charge in [0, 0.05) is 15.8 Å². The minimum Gasteiger partial charge on any atom is -0.375 e. The fourth-order valence-corrected chi connectivity index (χ4v) is 3.54. The van der Waals surface area contributed by atoms with Crippen molar-refractivity contribution in [2.45, 2.75) is 18.8 Å². The fourth-order valence-electron chi connectivity index (χ4n) is 2.32. The van der Waals surface area contributed by atoms with Crippen molar-refractivity contribution in [1.29, 1.82) is 0 Å². The van der Waals surface area contributed by atoms with Crippen LogP contribution in [0.4, 0.5) is 9.52 Å². The van der Waals surface area contributed by atoms with Crippen LogP contribution in [0.5, 0.6) is 0 Å². The van der Waals surface area contributed by atoms with Gasteiger partial charge in [-0.2, -0.15) is 0 Å². The van der Waals surface area contributed by atoms with Gasteiger partial charge in [0.1, 0.15) is 5.82 Å². The molecule has 2 aromatic rings. The highest BCUT2D eigenvalue weighted by Crippen LogP contribution is 2.43. The van der Waals surface area contributed by atoms with Crippen molar-refractivity contribution >= 4 is 28.1 Å². The molecule has 17 heavy (non-hydrogen) atoms. The van der Waals surface area contributed by atoms with Crippen molar-refractivity contribution in [3.63, 3.8) is 0 Å². The molecule has 88 valence electrons. The van der Waals surface area contributed by atoms with Crippen LogP contribution >= 0.6 is 22.9 Å². The Kier molecular flexibility index (Phi) is 2.56. The summed E-state index contributed by atoms with van der Waals surface area (Å²) in [5.41, 5.74) is 7.35. The average molecular weight is 269 g/mol. The number of aryl methyl sites for hydroxylation is 1. The van der Waals surface area contributed by atoms with Gasteiger partial charge in [-0.15, -0.1) is 11.3 Å². The number of hydrogen-bond donors (Lipinski definition) is 1. The molecule has 0 saturated heterocycles. The lowest BCUT2D eigenvalue weighted by Crippen LogP contribution is -1.98. The standard InChI is InChI=1S/C12H10ClFN2S/c13-6-1-3-9(14)8(5-6)7-2-4-10-11(7)17-12(15)16-10/h1,3,5,7H,2,4H2,(H2,15,16). The number of nitrogens with two attached hydrogens (primary N) is 1. The highest BCUT2D eigenvalue weighted by molar-refractivity contribution is 7.15. The van der Waals surface area contributed by atoms with Crippen LogP contribution in [0.3, 0.4) is 0 Å². The lowest BCUT2D eigenvalue weighted by molar-refractivity contribution is 0.596. The number of fused-ring (bicyclic) bond motifs is 1. The molecular weight excluding hydrogens is 259 g/mol. The van der Waals surface area contributed by atoms with Crippen LogP contribution in [0, 0.1) is 5.82 Å². The van der Waals surface area contributed by atoms with Crippen LogP contribution in [0.2, 0.25) is 5.02 Å². The number of anilines is 1. The van der Waals surface area contributed by atoms with E-state index in [4.69, 9.17) is 17.3 Å². The minimum absolute atomic E-state index is 0.0542. The maximum absolute atomic E-state index is 13.8. The Balaban J connectivity index is 2.09. The van der Waals surface area contributed by atoms with E-state index in [-0.39, 0.29) is 11.7 Å². The van der Waals surface area contributed by atoms with Crippen LogP contribution < -0.4 is 5.73 Å². The van der Waals surface area contributed by atoms with Gasteiger partial charge in [-0.05, 0) is 36.6 Å². The van der Waals surface area contributed by atoms with Crippen molar-refractivity contribution < 1.29 is 4.39 Å².